The van der Waals surface area contributed by atoms with Gasteiger partial charge in [-0.1, -0.05) is 36.4 Å². The summed E-state index contributed by atoms with van der Waals surface area (Å²) < 4.78 is 5.44. The highest BCUT2D eigenvalue weighted by molar-refractivity contribution is 6.03. The number of ether oxygens (including phenoxy) is 1. The lowest BCUT2D eigenvalue weighted by Crippen LogP contribution is -2.37. The fourth-order valence-electron chi connectivity index (χ4n) is 5.00. The highest BCUT2D eigenvalue weighted by Gasteiger charge is 2.26. The van der Waals surface area contributed by atoms with E-state index >= 15 is 0 Å². The van der Waals surface area contributed by atoms with Crippen LogP contribution in [0.2, 0.25) is 0 Å². The van der Waals surface area contributed by atoms with Crippen molar-refractivity contribution in [3.8, 4) is 5.75 Å². The SMILES string of the molecule is CCOc1ccc(C(=O)CCCCN2CCC(C(=O)c3ccc4ccccc4c3C)CC2)cc1. The first-order chi connectivity index (χ1) is 16.6. The Morgan fingerprint density at radius 1 is 0.941 bits per heavy atom. The maximum absolute atomic E-state index is 13.2. The Morgan fingerprint density at radius 2 is 1.68 bits per heavy atom. The second-order valence-electron chi connectivity index (χ2n) is 9.28. The van der Waals surface area contributed by atoms with Crippen LogP contribution in [0.3, 0.4) is 0 Å². The van der Waals surface area contributed by atoms with Gasteiger partial charge in [-0.25, -0.2) is 0 Å². The Bertz CT molecular complexity index is 1130. The van der Waals surface area contributed by atoms with Gasteiger partial charge in [0.15, 0.2) is 11.6 Å². The molecule has 34 heavy (non-hydrogen) atoms. The Balaban J connectivity index is 1.20. The summed E-state index contributed by atoms with van der Waals surface area (Å²) in [5.41, 5.74) is 2.74. The van der Waals surface area contributed by atoms with E-state index < -0.39 is 0 Å². The van der Waals surface area contributed by atoms with E-state index in [4.69, 9.17) is 4.74 Å². The molecule has 178 valence electrons. The maximum atomic E-state index is 13.2. The molecule has 0 unspecified atom stereocenters. The van der Waals surface area contributed by atoms with Crippen molar-refractivity contribution in [2.75, 3.05) is 26.2 Å². The van der Waals surface area contributed by atoms with Crippen LogP contribution >= 0.6 is 0 Å². The first-order valence-corrected chi connectivity index (χ1v) is 12.6. The number of carbonyl (C=O) groups excluding carboxylic acids is 2. The van der Waals surface area contributed by atoms with E-state index in [0.717, 1.165) is 67.8 Å². The standard InChI is InChI=1S/C30H35NO3/c1-3-34-26-14-11-24(12-15-26)29(32)10-6-7-19-31-20-17-25(18-21-31)30(33)28-16-13-23-8-4-5-9-27(23)22(28)2/h4-5,8-9,11-16,25H,3,6-7,10,17-21H2,1-2H3. The number of rotatable bonds is 10. The van der Waals surface area contributed by atoms with Crippen LogP contribution in [0.25, 0.3) is 10.8 Å². The average Bonchev–Trinajstić information content (AvgIpc) is 2.87. The first-order valence-electron chi connectivity index (χ1n) is 12.6. The van der Waals surface area contributed by atoms with E-state index in [1.807, 2.05) is 49.4 Å². The highest BCUT2D eigenvalue weighted by Crippen LogP contribution is 2.27. The molecular weight excluding hydrogens is 422 g/mol. The summed E-state index contributed by atoms with van der Waals surface area (Å²) in [6.07, 6.45) is 4.29. The van der Waals surface area contributed by atoms with Gasteiger partial charge in [0.25, 0.3) is 0 Å². The van der Waals surface area contributed by atoms with E-state index in [1.54, 1.807) is 0 Å². The van der Waals surface area contributed by atoms with Crippen LogP contribution in [-0.2, 0) is 0 Å². The number of fused-ring (bicyclic) bond motifs is 1. The zero-order valence-electron chi connectivity index (χ0n) is 20.4. The number of carbonyl (C=O) groups is 2. The van der Waals surface area contributed by atoms with Gasteiger partial charge in [-0.05, 0) is 99.8 Å². The Kier molecular flexibility index (Phi) is 8.12. The monoisotopic (exact) mass is 457 g/mol. The molecule has 0 aliphatic carbocycles. The summed E-state index contributed by atoms with van der Waals surface area (Å²) in [7, 11) is 0. The Hall–Kier alpha value is -2.98. The van der Waals surface area contributed by atoms with Gasteiger partial charge in [-0.3, -0.25) is 9.59 Å². The predicted molar refractivity (Wildman–Crippen MR) is 138 cm³/mol. The summed E-state index contributed by atoms with van der Waals surface area (Å²) in [6.45, 7) is 7.55. The number of unbranched alkanes of at least 4 members (excludes halogenated alkanes) is 1. The molecule has 3 aromatic carbocycles. The molecule has 4 rings (SSSR count). The van der Waals surface area contributed by atoms with Crippen LogP contribution < -0.4 is 4.74 Å². The average molecular weight is 458 g/mol. The van der Waals surface area contributed by atoms with Crippen LogP contribution in [0.15, 0.2) is 60.7 Å². The van der Waals surface area contributed by atoms with Gasteiger partial charge >= 0.3 is 0 Å². The third-order valence-corrected chi connectivity index (χ3v) is 7.04. The Labute approximate surface area is 202 Å². The van der Waals surface area contributed by atoms with Crippen LogP contribution in [0, 0.1) is 12.8 Å². The van der Waals surface area contributed by atoms with Gasteiger partial charge in [0.1, 0.15) is 5.75 Å². The van der Waals surface area contributed by atoms with Gasteiger partial charge in [0, 0.05) is 23.5 Å². The fourth-order valence-corrected chi connectivity index (χ4v) is 5.00. The van der Waals surface area contributed by atoms with Gasteiger partial charge in [-0.2, -0.15) is 0 Å². The van der Waals surface area contributed by atoms with Crippen LogP contribution in [0.1, 0.15) is 65.3 Å². The fraction of sp³-hybridized carbons (Fsp3) is 0.400. The molecule has 1 heterocycles. The quantitative estimate of drug-likeness (QED) is 0.258. The molecule has 0 aromatic heterocycles. The van der Waals surface area contributed by atoms with Gasteiger partial charge in [-0.15, -0.1) is 0 Å². The maximum Gasteiger partial charge on any atom is 0.166 e. The van der Waals surface area contributed by atoms with E-state index in [2.05, 4.69) is 30.0 Å². The minimum Gasteiger partial charge on any atom is -0.494 e. The van der Waals surface area contributed by atoms with Crippen molar-refractivity contribution in [3.05, 3.63) is 77.4 Å². The first kappa shape index (κ1) is 24.2. The number of hydrogen-bond acceptors (Lipinski definition) is 4. The van der Waals surface area contributed by atoms with Crippen molar-refractivity contribution >= 4 is 22.3 Å². The number of piperidine rings is 1. The number of likely N-dealkylation sites (tertiary alicyclic amines) is 1. The molecule has 1 saturated heterocycles. The molecule has 1 aliphatic rings. The van der Waals surface area contributed by atoms with Crippen LogP contribution in [0.5, 0.6) is 5.75 Å². The summed E-state index contributed by atoms with van der Waals surface area (Å²) in [6, 6.07) is 19.8. The zero-order valence-corrected chi connectivity index (χ0v) is 20.4. The molecule has 0 bridgehead atoms. The molecule has 4 heteroatoms. The van der Waals surface area contributed by atoms with Crippen molar-refractivity contribution < 1.29 is 14.3 Å². The molecule has 4 nitrogen and oxygen atoms in total. The summed E-state index contributed by atoms with van der Waals surface area (Å²) in [5, 5.41) is 2.36. The number of ketones is 2. The third-order valence-electron chi connectivity index (χ3n) is 7.04. The van der Waals surface area contributed by atoms with Crippen molar-refractivity contribution in [3.63, 3.8) is 0 Å². The third kappa shape index (κ3) is 5.74. The molecule has 0 radical (unpaired) electrons. The molecule has 1 fully saturated rings. The Morgan fingerprint density at radius 3 is 2.41 bits per heavy atom. The number of Topliss-reactive ketones (excluding diaryl/α,β-unsaturated/α-hetero) is 2. The molecule has 0 N–H and O–H groups in total. The van der Waals surface area contributed by atoms with Crippen molar-refractivity contribution in [2.45, 2.75) is 46.0 Å². The van der Waals surface area contributed by atoms with Crippen molar-refractivity contribution in [1.29, 1.82) is 0 Å². The summed E-state index contributed by atoms with van der Waals surface area (Å²) in [5.74, 6) is 1.40. The molecule has 3 aromatic rings. The molecule has 1 aliphatic heterocycles. The van der Waals surface area contributed by atoms with E-state index in [0.29, 0.717) is 18.8 Å². The van der Waals surface area contributed by atoms with E-state index in [9.17, 15) is 9.59 Å². The topological polar surface area (TPSA) is 46.6 Å². The van der Waals surface area contributed by atoms with Crippen molar-refractivity contribution in [1.82, 2.24) is 4.90 Å². The molecule has 0 amide bonds. The van der Waals surface area contributed by atoms with Crippen molar-refractivity contribution in [2.24, 2.45) is 5.92 Å². The predicted octanol–water partition coefficient (Wildman–Crippen LogP) is 6.49. The van der Waals surface area contributed by atoms with Crippen LogP contribution in [0.4, 0.5) is 0 Å². The lowest BCUT2D eigenvalue weighted by Gasteiger charge is -2.31. The lowest BCUT2D eigenvalue weighted by atomic mass is 9.86. The number of hydrogen-bond donors (Lipinski definition) is 0. The number of aryl methyl sites for hydroxylation is 1. The molecule has 0 saturated carbocycles. The zero-order chi connectivity index (χ0) is 23.9. The minimum atomic E-state index is 0.109. The largest absolute Gasteiger partial charge is 0.494 e. The molecule has 0 spiro atoms. The lowest BCUT2D eigenvalue weighted by molar-refractivity contribution is 0.0835. The summed E-state index contributed by atoms with van der Waals surface area (Å²) >= 11 is 0. The minimum absolute atomic E-state index is 0.109. The van der Waals surface area contributed by atoms with Gasteiger partial charge in [0.05, 0.1) is 6.61 Å². The second kappa shape index (κ2) is 11.4. The molecule has 0 atom stereocenters. The normalized spacial score (nSPS) is 14.9. The van der Waals surface area contributed by atoms with E-state index in [1.165, 1.54) is 10.8 Å². The number of nitrogens with zero attached hydrogens (tertiary/aromatic N) is 1. The summed E-state index contributed by atoms with van der Waals surface area (Å²) in [4.78, 5) is 28.1. The second-order valence-corrected chi connectivity index (χ2v) is 9.28. The molecular formula is C30H35NO3. The highest BCUT2D eigenvalue weighted by atomic mass is 16.5. The van der Waals surface area contributed by atoms with E-state index in [-0.39, 0.29) is 11.7 Å². The van der Waals surface area contributed by atoms with Crippen LogP contribution in [-0.4, -0.2) is 42.7 Å². The number of benzene rings is 3. The van der Waals surface area contributed by atoms with Gasteiger partial charge in [0.2, 0.25) is 0 Å². The van der Waals surface area contributed by atoms with Gasteiger partial charge < -0.3 is 9.64 Å². The smallest absolute Gasteiger partial charge is 0.166 e.